The summed E-state index contributed by atoms with van der Waals surface area (Å²) in [5.74, 6) is 0. The van der Waals surface area contributed by atoms with Crippen molar-refractivity contribution in [3.05, 3.63) is 45.9 Å². The summed E-state index contributed by atoms with van der Waals surface area (Å²) in [7, 11) is 2.09. The first-order valence-corrected chi connectivity index (χ1v) is 6.98. The molecule has 0 atom stereocenters. The van der Waals surface area contributed by atoms with Crippen LogP contribution in [-0.4, -0.2) is 18.6 Å². The molecular formula is C14H19N3S. The molecule has 0 fully saturated rings. The molecule has 0 spiro atoms. The lowest BCUT2D eigenvalue weighted by Gasteiger charge is -2.18. The maximum Gasteiger partial charge on any atom is 0.0941 e. The van der Waals surface area contributed by atoms with Crippen LogP contribution >= 0.6 is 11.3 Å². The maximum atomic E-state index is 5.54. The quantitative estimate of drug-likeness (QED) is 0.899. The lowest BCUT2D eigenvalue weighted by molar-refractivity contribution is 0.871. The monoisotopic (exact) mass is 261 g/mol. The highest BCUT2D eigenvalue weighted by atomic mass is 32.1. The van der Waals surface area contributed by atoms with Gasteiger partial charge in [-0.3, -0.25) is 0 Å². The van der Waals surface area contributed by atoms with Gasteiger partial charge in [0.15, 0.2) is 0 Å². The molecule has 2 rings (SSSR count). The number of nitrogens with zero attached hydrogens (tertiary/aromatic N) is 2. The summed E-state index contributed by atoms with van der Waals surface area (Å²) in [5, 5.41) is 3.25. The number of anilines is 1. The Kier molecular flexibility index (Phi) is 4.33. The van der Waals surface area contributed by atoms with E-state index in [9.17, 15) is 0 Å². The van der Waals surface area contributed by atoms with Crippen molar-refractivity contribution in [2.75, 3.05) is 18.5 Å². The predicted octanol–water partition coefficient (Wildman–Crippen LogP) is 2.59. The van der Waals surface area contributed by atoms with Crippen LogP contribution in [0.2, 0.25) is 0 Å². The molecule has 2 aromatic rings. The fourth-order valence-corrected chi connectivity index (χ4v) is 2.66. The van der Waals surface area contributed by atoms with Crippen LogP contribution in [0.4, 0.5) is 5.69 Å². The van der Waals surface area contributed by atoms with Crippen molar-refractivity contribution in [1.29, 1.82) is 0 Å². The summed E-state index contributed by atoms with van der Waals surface area (Å²) < 4.78 is 0. The number of thiazole rings is 1. The molecule has 1 aromatic carbocycles. The normalized spacial score (nSPS) is 10.6. The molecule has 0 radical (unpaired) electrons. The fraction of sp³-hybridized carbons (Fsp3) is 0.357. The minimum atomic E-state index is 0.667. The van der Waals surface area contributed by atoms with Crippen LogP contribution in [-0.2, 0) is 13.0 Å². The van der Waals surface area contributed by atoms with E-state index < -0.39 is 0 Å². The molecule has 3 nitrogen and oxygen atoms in total. The van der Waals surface area contributed by atoms with Gasteiger partial charge in [0.25, 0.3) is 0 Å². The summed E-state index contributed by atoms with van der Waals surface area (Å²) in [4.78, 5) is 6.80. The number of aryl methyl sites for hydroxylation is 1. The van der Waals surface area contributed by atoms with E-state index in [4.69, 9.17) is 5.73 Å². The summed E-state index contributed by atoms with van der Waals surface area (Å²) in [6.07, 6.45) is 0.874. The van der Waals surface area contributed by atoms with Crippen LogP contribution < -0.4 is 10.6 Å². The third kappa shape index (κ3) is 3.31. The van der Waals surface area contributed by atoms with Crippen molar-refractivity contribution in [2.45, 2.75) is 19.9 Å². The van der Waals surface area contributed by atoms with Crippen LogP contribution in [0.15, 0.2) is 29.6 Å². The molecule has 96 valence electrons. The van der Waals surface area contributed by atoms with Crippen molar-refractivity contribution in [1.82, 2.24) is 4.98 Å². The molecule has 0 aliphatic carbocycles. The summed E-state index contributed by atoms with van der Waals surface area (Å²) in [6, 6.07) is 8.51. The van der Waals surface area contributed by atoms with Crippen LogP contribution in [0, 0.1) is 6.92 Å². The smallest absolute Gasteiger partial charge is 0.0941 e. The van der Waals surface area contributed by atoms with Crippen molar-refractivity contribution < 1.29 is 0 Å². The van der Waals surface area contributed by atoms with Crippen molar-refractivity contribution >= 4 is 17.0 Å². The van der Waals surface area contributed by atoms with Gasteiger partial charge in [-0.1, -0.05) is 12.1 Å². The van der Waals surface area contributed by atoms with Gasteiger partial charge in [0.2, 0.25) is 0 Å². The largest absolute Gasteiger partial charge is 0.369 e. The first kappa shape index (κ1) is 13.1. The summed E-state index contributed by atoms with van der Waals surface area (Å²) >= 11 is 1.70. The van der Waals surface area contributed by atoms with Gasteiger partial charge in [-0.15, -0.1) is 11.3 Å². The lowest BCUT2D eigenvalue weighted by Crippen LogP contribution is -2.16. The second kappa shape index (κ2) is 5.98. The second-order valence-electron chi connectivity index (χ2n) is 4.47. The van der Waals surface area contributed by atoms with Crippen molar-refractivity contribution in [2.24, 2.45) is 5.73 Å². The van der Waals surface area contributed by atoms with Crippen molar-refractivity contribution in [3.63, 3.8) is 0 Å². The highest BCUT2D eigenvalue weighted by Gasteiger charge is 2.06. The summed E-state index contributed by atoms with van der Waals surface area (Å²) in [5.41, 5.74) is 9.16. The van der Waals surface area contributed by atoms with E-state index in [1.54, 1.807) is 11.3 Å². The van der Waals surface area contributed by atoms with E-state index in [1.165, 1.54) is 11.3 Å². The van der Waals surface area contributed by atoms with E-state index in [1.807, 2.05) is 0 Å². The standard InChI is InChI=1S/C14H19N3S/c1-11-4-3-5-13(8-11)17(2)9-12-10-18-14(16-12)6-7-15/h3-5,8,10H,6-7,9,15H2,1-2H3. The van der Waals surface area contributed by atoms with Gasteiger partial charge in [-0.05, 0) is 31.2 Å². The van der Waals surface area contributed by atoms with E-state index in [-0.39, 0.29) is 0 Å². The molecule has 0 bridgehead atoms. The Morgan fingerprint density at radius 3 is 2.94 bits per heavy atom. The number of benzene rings is 1. The third-order valence-electron chi connectivity index (χ3n) is 2.80. The van der Waals surface area contributed by atoms with Crippen LogP contribution in [0.3, 0.4) is 0 Å². The molecule has 0 aliphatic heterocycles. The average Bonchev–Trinajstić information content (AvgIpc) is 2.77. The first-order valence-electron chi connectivity index (χ1n) is 6.10. The van der Waals surface area contributed by atoms with E-state index in [0.29, 0.717) is 6.54 Å². The molecular weight excluding hydrogens is 242 g/mol. The minimum absolute atomic E-state index is 0.667. The van der Waals surface area contributed by atoms with Crippen LogP contribution in [0.5, 0.6) is 0 Å². The Balaban J connectivity index is 2.04. The van der Waals surface area contributed by atoms with Crippen LogP contribution in [0.1, 0.15) is 16.3 Å². The third-order valence-corrected chi connectivity index (χ3v) is 3.76. The minimum Gasteiger partial charge on any atom is -0.369 e. The molecule has 18 heavy (non-hydrogen) atoms. The summed E-state index contributed by atoms with van der Waals surface area (Å²) in [6.45, 7) is 3.62. The Labute approximate surface area is 112 Å². The molecule has 0 saturated heterocycles. The zero-order chi connectivity index (χ0) is 13.0. The highest BCUT2D eigenvalue weighted by Crippen LogP contribution is 2.18. The first-order chi connectivity index (χ1) is 8.69. The van der Waals surface area contributed by atoms with Gasteiger partial charge >= 0.3 is 0 Å². The van der Waals surface area contributed by atoms with E-state index in [0.717, 1.165) is 23.7 Å². The lowest BCUT2D eigenvalue weighted by atomic mass is 10.2. The number of aromatic nitrogens is 1. The number of hydrogen-bond donors (Lipinski definition) is 1. The van der Waals surface area contributed by atoms with Gasteiger partial charge < -0.3 is 10.6 Å². The topological polar surface area (TPSA) is 42.1 Å². The molecule has 2 N–H and O–H groups in total. The molecule has 0 saturated carbocycles. The van der Waals surface area contributed by atoms with Gasteiger partial charge in [-0.2, -0.15) is 0 Å². The zero-order valence-electron chi connectivity index (χ0n) is 10.9. The fourth-order valence-electron chi connectivity index (χ4n) is 1.86. The van der Waals surface area contributed by atoms with Gasteiger partial charge in [0.05, 0.1) is 17.2 Å². The van der Waals surface area contributed by atoms with E-state index >= 15 is 0 Å². The number of hydrogen-bond acceptors (Lipinski definition) is 4. The Bertz CT molecular complexity index is 507. The average molecular weight is 261 g/mol. The highest BCUT2D eigenvalue weighted by molar-refractivity contribution is 7.09. The predicted molar refractivity (Wildman–Crippen MR) is 78.2 cm³/mol. The van der Waals surface area contributed by atoms with Gasteiger partial charge in [0.1, 0.15) is 0 Å². The molecule has 0 amide bonds. The maximum absolute atomic E-state index is 5.54. The SMILES string of the molecule is Cc1cccc(N(C)Cc2csc(CCN)n2)c1. The zero-order valence-corrected chi connectivity index (χ0v) is 11.7. The number of rotatable bonds is 5. The Morgan fingerprint density at radius 1 is 1.39 bits per heavy atom. The molecule has 0 unspecified atom stereocenters. The van der Waals surface area contributed by atoms with Crippen LogP contribution in [0.25, 0.3) is 0 Å². The second-order valence-corrected chi connectivity index (χ2v) is 5.41. The van der Waals surface area contributed by atoms with Crippen molar-refractivity contribution in [3.8, 4) is 0 Å². The molecule has 0 aliphatic rings. The number of nitrogens with two attached hydrogens (primary N) is 1. The molecule has 1 aromatic heterocycles. The molecule has 4 heteroatoms. The molecule has 1 heterocycles. The Hall–Kier alpha value is -1.39. The Morgan fingerprint density at radius 2 is 2.22 bits per heavy atom. The van der Waals surface area contributed by atoms with Gasteiger partial charge in [0, 0.05) is 24.5 Å². The van der Waals surface area contributed by atoms with E-state index in [2.05, 4.69) is 53.5 Å². The van der Waals surface area contributed by atoms with Gasteiger partial charge in [-0.25, -0.2) is 4.98 Å².